The molecule has 106 valence electrons. The highest BCUT2D eigenvalue weighted by molar-refractivity contribution is 9.10. The summed E-state index contributed by atoms with van der Waals surface area (Å²) < 4.78 is 18.8. The standard InChI is InChI=1S/C13H18BrFN2O2/c1-2-5-19-6-3-4-17-13(18)9-7-12(16)11(15)8-10(9)14/h7-8H,2-6,16H2,1H3,(H,17,18). The van der Waals surface area contributed by atoms with Crippen molar-refractivity contribution in [3.63, 3.8) is 0 Å². The van der Waals surface area contributed by atoms with E-state index in [2.05, 4.69) is 21.2 Å². The third-order valence-electron chi connectivity index (χ3n) is 2.43. The zero-order chi connectivity index (χ0) is 14.3. The van der Waals surface area contributed by atoms with E-state index in [1.165, 1.54) is 12.1 Å². The number of ether oxygens (including phenoxy) is 1. The van der Waals surface area contributed by atoms with Crippen LogP contribution in [-0.2, 0) is 4.74 Å². The van der Waals surface area contributed by atoms with Crippen LogP contribution in [0.15, 0.2) is 16.6 Å². The maximum atomic E-state index is 13.1. The van der Waals surface area contributed by atoms with E-state index in [1.807, 2.05) is 6.92 Å². The summed E-state index contributed by atoms with van der Waals surface area (Å²) in [6.07, 6.45) is 1.72. The van der Waals surface area contributed by atoms with Gasteiger partial charge in [-0.2, -0.15) is 0 Å². The molecule has 0 bridgehead atoms. The van der Waals surface area contributed by atoms with Gasteiger partial charge in [0.15, 0.2) is 0 Å². The molecule has 0 aromatic heterocycles. The van der Waals surface area contributed by atoms with E-state index in [-0.39, 0.29) is 11.6 Å². The van der Waals surface area contributed by atoms with Crippen LogP contribution in [0, 0.1) is 5.82 Å². The SMILES string of the molecule is CCCOCCCNC(=O)c1cc(N)c(F)cc1Br. The Morgan fingerprint density at radius 2 is 2.21 bits per heavy atom. The lowest BCUT2D eigenvalue weighted by atomic mass is 10.2. The zero-order valence-corrected chi connectivity index (χ0v) is 12.4. The molecule has 0 aliphatic carbocycles. The molecule has 0 unspecified atom stereocenters. The number of anilines is 1. The van der Waals surface area contributed by atoms with Crippen LogP contribution < -0.4 is 11.1 Å². The van der Waals surface area contributed by atoms with Crippen LogP contribution in [0.3, 0.4) is 0 Å². The molecule has 0 spiro atoms. The number of halogens is 2. The van der Waals surface area contributed by atoms with Gasteiger partial charge in [0.1, 0.15) is 5.82 Å². The maximum Gasteiger partial charge on any atom is 0.252 e. The second kappa shape index (κ2) is 8.12. The van der Waals surface area contributed by atoms with Crippen molar-refractivity contribution in [3.05, 3.63) is 28.0 Å². The minimum atomic E-state index is -0.545. The summed E-state index contributed by atoms with van der Waals surface area (Å²) in [5, 5.41) is 2.74. The second-order valence-corrected chi connectivity index (χ2v) is 4.93. The summed E-state index contributed by atoms with van der Waals surface area (Å²) >= 11 is 3.14. The highest BCUT2D eigenvalue weighted by Crippen LogP contribution is 2.22. The van der Waals surface area contributed by atoms with Crippen LogP contribution in [0.4, 0.5) is 10.1 Å². The van der Waals surface area contributed by atoms with Crippen molar-refractivity contribution < 1.29 is 13.9 Å². The van der Waals surface area contributed by atoms with Crippen LogP contribution in [0.5, 0.6) is 0 Å². The third kappa shape index (κ3) is 5.16. The summed E-state index contributed by atoms with van der Waals surface area (Å²) in [6, 6.07) is 2.51. The molecular weight excluding hydrogens is 315 g/mol. The summed E-state index contributed by atoms with van der Waals surface area (Å²) in [4.78, 5) is 11.9. The number of hydrogen-bond donors (Lipinski definition) is 2. The first-order valence-corrected chi connectivity index (χ1v) is 6.96. The molecule has 0 aliphatic heterocycles. The Morgan fingerprint density at radius 1 is 1.47 bits per heavy atom. The van der Waals surface area contributed by atoms with Crippen LogP contribution in [0.25, 0.3) is 0 Å². The molecule has 0 heterocycles. The number of nitrogen functional groups attached to an aromatic ring is 1. The average Bonchev–Trinajstić information content (AvgIpc) is 2.37. The first-order valence-electron chi connectivity index (χ1n) is 6.16. The van der Waals surface area contributed by atoms with Crippen LogP contribution in [-0.4, -0.2) is 25.7 Å². The lowest BCUT2D eigenvalue weighted by Gasteiger charge is -2.08. The molecule has 1 aromatic carbocycles. The van der Waals surface area contributed by atoms with Crippen molar-refractivity contribution in [1.29, 1.82) is 0 Å². The quantitative estimate of drug-likeness (QED) is 0.596. The fraction of sp³-hybridized carbons (Fsp3) is 0.462. The van der Waals surface area contributed by atoms with Crippen molar-refractivity contribution in [2.75, 3.05) is 25.5 Å². The molecule has 6 heteroatoms. The number of nitrogens with two attached hydrogens (primary N) is 1. The number of carbonyl (C=O) groups is 1. The highest BCUT2D eigenvalue weighted by atomic mass is 79.9. The highest BCUT2D eigenvalue weighted by Gasteiger charge is 2.12. The molecule has 1 amide bonds. The minimum Gasteiger partial charge on any atom is -0.396 e. The van der Waals surface area contributed by atoms with E-state index in [4.69, 9.17) is 10.5 Å². The molecule has 3 N–H and O–H groups in total. The Kier molecular flexibility index (Phi) is 6.80. The molecule has 0 saturated carbocycles. The van der Waals surface area contributed by atoms with Crippen LogP contribution in [0.2, 0.25) is 0 Å². The fourth-order valence-electron chi connectivity index (χ4n) is 1.46. The van der Waals surface area contributed by atoms with Crippen molar-refractivity contribution in [1.82, 2.24) is 5.32 Å². The predicted molar refractivity (Wildman–Crippen MR) is 76.6 cm³/mol. The number of carbonyl (C=O) groups excluding carboxylic acids is 1. The van der Waals surface area contributed by atoms with E-state index < -0.39 is 5.82 Å². The van der Waals surface area contributed by atoms with Gasteiger partial charge in [-0.15, -0.1) is 0 Å². The van der Waals surface area contributed by atoms with Gasteiger partial charge in [-0.1, -0.05) is 6.92 Å². The molecule has 0 saturated heterocycles. The summed E-state index contributed by atoms with van der Waals surface area (Å²) in [5.41, 5.74) is 5.73. The fourth-order valence-corrected chi connectivity index (χ4v) is 1.95. The van der Waals surface area contributed by atoms with Gasteiger partial charge in [-0.3, -0.25) is 4.79 Å². The summed E-state index contributed by atoms with van der Waals surface area (Å²) in [6.45, 7) is 3.89. The van der Waals surface area contributed by atoms with E-state index in [1.54, 1.807) is 0 Å². The van der Waals surface area contributed by atoms with E-state index in [9.17, 15) is 9.18 Å². The number of benzene rings is 1. The van der Waals surface area contributed by atoms with Crippen molar-refractivity contribution >= 4 is 27.5 Å². The summed E-state index contributed by atoms with van der Waals surface area (Å²) in [5.74, 6) is -0.828. The van der Waals surface area contributed by atoms with E-state index in [0.717, 1.165) is 19.4 Å². The topological polar surface area (TPSA) is 64.3 Å². The molecule has 4 nitrogen and oxygen atoms in total. The van der Waals surface area contributed by atoms with Gasteiger partial charge in [0.25, 0.3) is 5.91 Å². The van der Waals surface area contributed by atoms with Gasteiger partial charge in [0.2, 0.25) is 0 Å². The minimum absolute atomic E-state index is 0.0420. The van der Waals surface area contributed by atoms with Crippen LogP contribution in [0.1, 0.15) is 30.1 Å². The lowest BCUT2D eigenvalue weighted by Crippen LogP contribution is -2.25. The van der Waals surface area contributed by atoms with Crippen molar-refractivity contribution in [2.45, 2.75) is 19.8 Å². The normalized spacial score (nSPS) is 10.5. The van der Waals surface area contributed by atoms with Gasteiger partial charge in [-0.05, 0) is 40.9 Å². The molecule has 0 radical (unpaired) electrons. The molecule has 0 atom stereocenters. The largest absolute Gasteiger partial charge is 0.396 e. The third-order valence-corrected chi connectivity index (χ3v) is 3.09. The van der Waals surface area contributed by atoms with Crippen molar-refractivity contribution in [3.8, 4) is 0 Å². The van der Waals surface area contributed by atoms with Gasteiger partial charge >= 0.3 is 0 Å². The second-order valence-electron chi connectivity index (χ2n) is 4.08. The monoisotopic (exact) mass is 332 g/mol. The Balaban J connectivity index is 2.43. The van der Waals surface area contributed by atoms with E-state index in [0.29, 0.717) is 23.2 Å². The number of hydrogen-bond acceptors (Lipinski definition) is 3. The van der Waals surface area contributed by atoms with E-state index >= 15 is 0 Å². The average molecular weight is 333 g/mol. The Bertz CT molecular complexity index is 441. The van der Waals surface area contributed by atoms with Crippen LogP contribution >= 0.6 is 15.9 Å². The number of nitrogens with one attached hydrogen (secondary N) is 1. The zero-order valence-electron chi connectivity index (χ0n) is 10.8. The first-order chi connectivity index (χ1) is 9.06. The molecule has 1 rings (SSSR count). The van der Waals surface area contributed by atoms with Crippen molar-refractivity contribution in [2.24, 2.45) is 0 Å². The predicted octanol–water partition coefficient (Wildman–Crippen LogP) is 2.72. The number of amides is 1. The first kappa shape index (κ1) is 15.9. The molecule has 19 heavy (non-hydrogen) atoms. The Labute approximate surface area is 120 Å². The van der Waals surface area contributed by atoms with Gasteiger partial charge in [0, 0.05) is 24.2 Å². The maximum absolute atomic E-state index is 13.1. The smallest absolute Gasteiger partial charge is 0.252 e. The van der Waals surface area contributed by atoms with Gasteiger partial charge in [0.05, 0.1) is 11.3 Å². The Morgan fingerprint density at radius 3 is 2.89 bits per heavy atom. The molecule has 0 fully saturated rings. The lowest BCUT2D eigenvalue weighted by molar-refractivity contribution is 0.0940. The number of rotatable bonds is 7. The van der Waals surface area contributed by atoms with Gasteiger partial charge in [-0.25, -0.2) is 4.39 Å². The molecule has 0 aliphatic rings. The molecule has 1 aromatic rings. The summed E-state index contributed by atoms with van der Waals surface area (Å²) in [7, 11) is 0. The Hall–Kier alpha value is -1.14. The van der Waals surface area contributed by atoms with Gasteiger partial charge < -0.3 is 15.8 Å². The molecular formula is C13H18BrFN2O2.